The molecule has 3 aromatic rings. The number of rotatable bonds is 4. The Hall–Kier alpha value is -1.76. The predicted molar refractivity (Wildman–Crippen MR) is 117 cm³/mol. The Labute approximate surface area is 171 Å². The predicted octanol–water partition coefficient (Wildman–Crippen LogP) is 4.76. The molecule has 4 nitrogen and oxygen atoms in total. The normalized spacial score (nSPS) is 18.1. The number of benzene rings is 1. The van der Waals surface area contributed by atoms with E-state index in [1.165, 1.54) is 16.2 Å². The van der Waals surface area contributed by atoms with Crippen molar-refractivity contribution in [3.8, 4) is 0 Å². The molecular weight excluding hydrogens is 367 g/mol. The number of nitrogens with zero attached hydrogens (tertiary/aromatic N) is 2. The Morgan fingerprint density at radius 2 is 1.68 bits per heavy atom. The zero-order valence-corrected chi connectivity index (χ0v) is 18.3. The van der Waals surface area contributed by atoms with Gasteiger partial charge >= 0.3 is 7.12 Å². The quantitative estimate of drug-likeness (QED) is 0.598. The first kappa shape index (κ1) is 19.6. The van der Waals surface area contributed by atoms with Crippen LogP contribution in [0.2, 0.25) is 0 Å². The third kappa shape index (κ3) is 3.28. The summed E-state index contributed by atoms with van der Waals surface area (Å²) in [4.78, 5) is 5.89. The molecule has 0 aliphatic carbocycles. The van der Waals surface area contributed by atoms with Crippen molar-refractivity contribution in [3.05, 3.63) is 53.9 Å². The van der Waals surface area contributed by atoms with Crippen molar-refractivity contribution in [3.63, 3.8) is 0 Å². The highest BCUT2D eigenvalue weighted by Crippen LogP contribution is 2.37. The summed E-state index contributed by atoms with van der Waals surface area (Å²) in [5.74, 6) is 0. The third-order valence-electron chi connectivity index (χ3n) is 5.85. The fraction of sp³-hybridized carbons (Fsp3) is 0.409. The van der Waals surface area contributed by atoms with Crippen LogP contribution in [0.3, 0.4) is 0 Å². The highest BCUT2D eigenvalue weighted by Gasteiger charge is 2.52. The number of pyridine rings is 1. The topological polar surface area (TPSA) is 36.3 Å². The van der Waals surface area contributed by atoms with Crippen molar-refractivity contribution in [1.29, 1.82) is 0 Å². The minimum Gasteiger partial charge on any atom is -0.399 e. The van der Waals surface area contributed by atoms with E-state index in [4.69, 9.17) is 14.3 Å². The van der Waals surface area contributed by atoms with E-state index >= 15 is 0 Å². The maximum Gasteiger partial charge on any atom is 0.495 e. The van der Waals surface area contributed by atoms with Crippen LogP contribution >= 0.6 is 11.9 Å². The van der Waals surface area contributed by atoms with Crippen LogP contribution in [0.5, 0.6) is 0 Å². The van der Waals surface area contributed by atoms with Gasteiger partial charge in [0.15, 0.2) is 0 Å². The summed E-state index contributed by atoms with van der Waals surface area (Å²) < 4.78 is 14.8. The number of aromatic nitrogens is 2. The molecule has 4 rings (SSSR count). The van der Waals surface area contributed by atoms with Crippen molar-refractivity contribution < 1.29 is 9.31 Å². The van der Waals surface area contributed by atoms with Crippen LogP contribution < -0.4 is 5.46 Å². The molecular formula is C22H27BN2O2S. The van der Waals surface area contributed by atoms with Gasteiger partial charge in [-0.05, 0) is 82.7 Å². The van der Waals surface area contributed by atoms with Gasteiger partial charge in [-0.25, -0.2) is 4.98 Å². The first-order chi connectivity index (χ1) is 13.2. The molecule has 0 N–H and O–H groups in total. The molecule has 28 heavy (non-hydrogen) atoms. The second-order valence-corrected chi connectivity index (χ2v) is 9.43. The number of hydrogen-bond acceptors (Lipinski definition) is 4. The summed E-state index contributed by atoms with van der Waals surface area (Å²) in [5, 5.41) is 1.09. The minimum absolute atomic E-state index is 0.361. The van der Waals surface area contributed by atoms with E-state index < -0.39 is 0 Å². The third-order valence-corrected chi connectivity index (χ3v) is 6.93. The maximum absolute atomic E-state index is 6.31. The molecule has 0 saturated carbocycles. The first-order valence-corrected chi connectivity index (χ1v) is 10.6. The summed E-state index contributed by atoms with van der Waals surface area (Å²) >= 11 is 1.71. The standard InChI is InChI=1S/C22H27BN2O2S/c1-7-16-14-18-19(23-26-21(3,4)22(5,6)27-23)12-13-24-20(18)25(16)28-17-10-8-15(2)9-11-17/h8-14H,7H2,1-6H3. The van der Waals surface area contributed by atoms with E-state index in [1.54, 1.807) is 11.9 Å². The van der Waals surface area contributed by atoms with Gasteiger partial charge in [-0.15, -0.1) is 0 Å². The molecule has 3 heterocycles. The van der Waals surface area contributed by atoms with E-state index in [2.05, 4.69) is 75.8 Å². The molecule has 1 aromatic carbocycles. The van der Waals surface area contributed by atoms with Crippen molar-refractivity contribution in [1.82, 2.24) is 8.96 Å². The van der Waals surface area contributed by atoms with Crippen molar-refractivity contribution >= 4 is 35.6 Å². The van der Waals surface area contributed by atoms with E-state index in [-0.39, 0.29) is 18.3 Å². The molecule has 0 radical (unpaired) electrons. The summed E-state index contributed by atoms with van der Waals surface area (Å²) in [6.07, 6.45) is 2.78. The fourth-order valence-electron chi connectivity index (χ4n) is 3.38. The smallest absolute Gasteiger partial charge is 0.399 e. The van der Waals surface area contributed by atoms with Gasteiger partial charge in [-0.2, -0.15) is 0 Å². The van der Waals surface area contributed by atoms with Gasteiger partial charge in [0.1, 0.15) is 5.65 Å². The lowest BCUT2D eigenvalue weighted by Gasteiger charge is -2.32. The van der Waals surface area contributed by atoms with Crippen molar-refractivity contribution in [2.45, 2.75) is 64.1 Å². The molecule has 1 fully saturated rings. The first-order valence-electron chi connectivity index (χ1n) is 9.82. The van der Waals surface area contributed by atoms with E-state index in [1.807, 2.05) is 12.3 Å². The highest BCUT2D eigenvalue weighted by molar-refractivity contribution is 7.98. The molecule has 1 aliphatic rings. The van der Waals surface area contributed by atoms with Crippen LogP contribution in [0.4, 0.5) is 0 Å². The van der Waals surface area contributed by atoms with Crippen molar-refractivity contribution in [2.75, 3.05) is 0 Å². The number of fused-ring (bicyclic) bond motifs is 1. The molecule has 0 spiro atoms. The minimum atomic E-state index is -0.388. The molecule has 1 aliphatic heterocycles. The lowest BCUT2D eigenvalue weighted by atomic mass is 9.78. The van der Waals surface area contributed by atoms with Gasteiger partial charge in [0, 0.05) is 22.2 Å². The second-order valence-electron chi connectivity index (χ2n) is 8.41. The van der Waals surface area contributed by atoms with E-state index in [9.17, 15) is 0 Å². The molecule has 0 amide bonds. The second kappa shape index (κ2) is 6.94. The van der Waals surface area contributed by atoms with Crippen LogP contribution in [0.25, 0.3) is 11.0 Å². The Balaban J connectivity index is 1.77. The van der Waals surface area contributed by atoms with Gasteiger partial charge in [0.25, 0.3) is 0 Å². The zero-order valence-electron chi connectivity index (χ0n) is 17.4. The lowest BCUT2D eigenvalue weighted by molar-refractivity contribution is 0.00578. The van der Waals surface area contributed by atoms with E-state index in [0.717, 1.165) is 22.9 Å². The van der Waals surface area contributed by atoms with Crippen LogP contribution in [0, 0.1) is 6.92 Å². The van der Waals surface area contributed by atoms with Crippen LogP contribution in [-0.4, -0.2) is 27.3 Å². The molecule has 146 valence electrons. The Bertz CT molecular complexity index is 995. The average Bonchev–Trinajstić information content (AvgIpc) is 3.10. The monoisotopic (exact) mass is 394 g/mol. The summed E-state index contributed by atoms with van der Waals surface area (Å²) in [6, 6.07) is 12.8. The summed E-state index contributed by atoms with van der Waals surface area (Å²) in [5.41, 5.74) is 3.77. The van der Waals surface area contributed by atoms with Crippen LogP contribution in [0.1, 0.15) is 45.9 Å². The zero-order chi connectivity index (χ0) is 20.1. The molecule has 0 bridgehead atoms. The fourth-order valence-corrected chi connectivity index (χ4v) is 4.37. The molecule has 0 atom stereocenters. The van der Waals surface area contributed by atoms with Gasteiger partial charge in [-0.3, -0.25) is 3.97 Å². The van der Waals surface area contributed by atoms with Gasteiger partial charge in [0.05, 0.1) is 11.2 Å². The Morgan fingerprint density at radius 1 is 1.04 bits per heavy atom. The SMILES string of the molecule is CCc1cc2c(B3OC(C)(C)C(C)(C)O3)ccnc2n1Sc1ccc(C)cc1. The van der Waals surface area contributed by atoms with Gasteiger partial charge in [-0.1, -0.05) is 24.6 Å². The summed E-state index contributed by atoms with van der Waals surface area (Å²) in [6.45, 7) is 12.6. The Kier molecular flexibility index (Phi) is 4.85. The molecule has 0 unspecified atom stereocenters. The number of hydrogen-bond donors (Lipinski definition) is 0. The number of aryl methyl sites for hydroxylation is 2. The average molecular weight is 394 g/mol. The molecule has 1 saturated heterocycles. The highest BCUT2D eigenvalue weighted by atomic mass is 32.2. The maximum atomic E-state index is 6.31. The van der Waals surface area contributed by atoms with Crippen LogP contribution in [0.15, 0.2) is 47.5 Å². The largest absolute Gasteiger partial charge is 0.495 e. The van der Waals surface area contributed by atoms with Crippen LogP contribution in [-0.2, 0) is 15.7 Å². The summed E-state index contributed by atoms with van der Waals surface area (Å²) in [7, 11) is -0.388. The molecule has 6 heteroatoms. The van der Waals surface area contributed by atoms with Crippen molar-refractivity contribution in [2.24, 2.45) is 0 Å². The Morgan fingerprint density at radius 3 is 2.29 bits per heavy atom. The van der Waals surface area contributed by atoms with E-state index in [0.29, 0.717) is 0 Å². The molecule has 2 aromatic heterocycles. The lowest BCUT2D eigenvalue weighted by Crippen LogP contribution is -2.41. The van der Waals surface area contributed by atoms with Gasteiger partial charge < -0.3 is 9.31 Å². The van der Waals surface area contributed by atoms with Gasteiger partial charge in [0.2, 0.25) is 0 Å².